The number of hydrogen-bond acceptors (Lipinski definition) is 3. The smallest absolute Gasteiger partial charge is 0.306 e. The number of halogens is 1. The van der Waals surface area contributed by atoms with E-state index in [9.17, 15) is 9.59 Å². The Labute approximate surface area is 139 Å². The molecule has 0 saturated heterocycles. The number of esters is 1. The fraction of sp³-hybridized carbons (Fsp3) is 0.529. The first-order valence-corrected chi connectivity index (χ1v) is 8.55. The molecular formula is C17H22BrNO3. The third-order valence-corrected chi connectivity index (χ3v) is 4.93. The quantitative estimate of drug-likeness (QED) is 0.766. The molecule has 1 aromatic rings. The number of hydrogen-bond donors (Lipinski definition) is 1. The molecular weight excluding hydrogens is 346 g/mol. The summed E-state index contributed by atoms with van der Waals surface area (Å²) in [6.45, 7) is 1.72. The monoisotopic (exact) mass is 367 g/mol. The molecule has 0 heterocycles. The van der Waals surface area contributed by atoms with E-state index in [2.05, 4.69) is 21.2 Å². The molecule has 1 fully saturated rings. The Morgan fingerprint density at radius 2 is 2.05 bits per heavy atom. The summed E-state index contributed by atoms with van der Waals surface area (Å²) in [6.07, 6.45) is 6.28. The van der Waals surface area contributed by atoms with Crippen LogP contribution < -0.4 is 5.32 Å². The molecule has 0 aliphatic heterocycles. The summed E-state index contributed by atoms with van der Waals surface area (Å²) in [7, 11) is 0. The molecule has 4 nitrogen and oxygen atoms in total. The van der Waals surface area contributed by atoms with Crippen LogP contribution in [0.1, 0.15) is 44.1 Å². The highest BCUT2D eigenvalue weighted by Crippen LogP contribution is 2.28. The molecule has 120 valence electrons. The molecule has 1 aliphatic carbocycles. The number of benzene rings is 1. The molecule has 1 aliphatic rings. The highest BCUT2D eigenvalue weighted by atomic mass is 79.9. The molecule has 1 aromatic carbocycles. The molecule has 5 heteroatoms. The maximum Gasteiger partial charge on any atom is 0.306 e. The van der Waals surface area contributed by atoms with Gasteiger partial charge in [-0.05, 0) is 43.0 Å². The van der Waals surface area contributed by atoms with Gasteiger partial charge in [-0.2, -0.15) is 0 Å². The maximum atomic E-state index is 11.8. The first-order chi connectivity index (χ1) is 10.5. The van der Waals surface area contributed by atoms with Gasteiger partial charge in [-0.25, -0.2) is 0 Å². The van der Waals surface area contributed by atoms with Gasteiger partial charge in [0.2, 0.25) is 0 Å². The molecule has 0 atom stereocenters. The summed E-state index contributed by atoms with van der Waals surface area (Å²) in [5.41, 5.74) is 1.74. The van der Waals surface area contributed by atoms with Crippen molar-refractivity contribution in [2.24, 2.45) is 5.92 Å². The predicted molar refractivity (Wildman–Crippen MR) is 89.7 cm³/mol. The van der Waals surface area contributed by atoms with Gasteiger partial charge < -0.3 is 10.1 Å². The fourth-order valence-corrected chi connectivity index (χ4v) is 3.01. The summed E-state index contributed by atoms with van der Waals surface area (Å²) in [5, 5.41) is 2.73. The topological polar surface area (TPSA) is 55.4 Å². The van der Waals surface area contributed by atoms with Crippen LogP contribution in [0.2, 0.25) is 0 Å². The van der Waals surface area contributed by atoms with Gasteiger partial charge in [-0.15, -0.1) is 0 Å². The summed E-state index contributed by atoms with van der Waals surface area (Å²) in [5.74, 6) is 0.0668. The molecule has 0 spiro atoms. The van der Waals surface area contributed by atoms with E-state index in [0.717, 1.165) is 16.5 Å². The zero-order chi connectivity index (χ0) is 15.9. The number of carbonyl (C=O) groups is 2. The lowest BCUT2D eigenvalue weighted by Crippen LogP contribution is -2.21. The summed E-state index contributed by atoms with van der Waals surface area (Å²) in [4.78, 5) is 23.4. The van der Waals surface area contributed by atoms with Crippen LogP contribution in [0, 0.1) is 12.8 Å². The second kappa shape index (κ2) is 8.32. The van der Waals surface area contributed by atoms with Crippen LogP contribution in [-0.2, 0) is 14.3 Å². The number of rotatable bonds is 6. The Kier molecular flexibility index (Phi) is 6.43. The lowest BCUT2D eigenvalue weighted by molar-refractivity contribution is -0.147. The zero-order valence-corrected chi connectivity index (χ0v) is 14.4. The molecule has 1 saturated carbocycles. The lowest BCUT2D eigenvalue weighted by Gasteiger charge is -2.09. The average molecular weight is 368 g/mol. The Balaban J connectivity index is 1.68. The third-order valence-electron chi connectivity index (χ3n) is 4.04. The third kappa shape index (κ3) is 5.44. The van der Waals surface area contributed by atoms with Crippen LogP contribution in [0.5, 0.6) is 0 Å². The summed E-state index contributed by atoms with van der Waals surface area (Å²) >= 11 is 3.41. The maximum absolute atomic E-state index is 11.8. The van der Waals surface area contributed by atoms with E-state index in [1.54, 1.807) is 6.07 Å². The Hall–Kier alpha value is -1.36. The van der Waals surface area contributed by atoms with E-state index < -0.39 is 0 Å². The molecule has 0 radical (unpaired) electrons. The van der Waals surface area contributed by atoms with Gasteiger partial charge >= 0.3 is 5.97 Å². The van der Waals surface area contributed by atoms with Crippen molar-refractivity contribution < 1.29 is 14.3 Å². The number of carbonyl (C=O) groups excluding carboxylic acids is 2. The Bertz CT molecular complexity index is 539. The van der Waals surface area contributed by atoms with E-state index in [4.69, 9.17) is 4.74 Å². The first-order valence-electron chi connectivity index (χ1n) is 7.76. The van der Waals surface area contributed by atoms with Gasteiger partial charge in [0.15, 0.2) is 6.61 Å². The minimum Gasteiger partial charge on any atom is -0.456 e. The number of amides is 1. The van der Waals surface area contributed by atoms with Crippen molar-refractivity contribution in [3.05, 3.63) is 28.2 Å². The van der Waals surface area contributed by atoms with Crippen LogP contribution in [0.15, 0.2) is 22.7 Å². The van der Waals surface area contributed by atoms with E-state index in [1.807, 2.05) is 19.1 Å². The van der Waals surface area contributed by atoms with Crippen molar-refractivity contribution in [3.63, 3.8) is 0 Å². The van der Waals surface area contributed by atoms with Crippen molar-refractivity contribution in [2.75, 3.05) is 11.9 Å². The normalized spacial score (nSPS) is 14.8. The highest BCUT2D eigenvalue weighted by molar-refractivity contribution is 9.10. The van der Waals surface area contributed by atoms with Crippen molar-refractivity contribution in [1.29, 1.82) is 0 Å². The fourth-order valence-electron chi connectivity index (χ4n) is 2.76. The van der Waals surface area contributed by atoms with Gasteiger partial charge in [-0.3, -0.25) is 9.59 Å². The number of nitrogens with one attached hydrogen (secondary N) is 1. The van der Waals surface area contributed by atoms with E-state index >= 15 is 0 Å². The number of ether oxygens (including phenoxy) is 1. The Morgan fingerprint density at radius 3 is 2.73 bits per heavy atom. The van der Waals surface area contributed by atoms with Crippen LogP contribution in [-0.4, -0.2) is 18.5 Å². The van der Waals surface area contributed by atoms with Gasteiger partial charge in [0, 0.05) is 16.6 Å². The van der Waals surface area contributed by atoms with Crippen LogP contribution in [0.3, 0.4) is 0 Å². The van der Waals surface area contributed by atoms with E-state index in [-0.39, 0.29) is 18.5 Å². The molecule has 0 bridgehead atoms. The van der Waals surface area contributed by atoms with Crippen LogP contribution in [0.4, 0.5) is 5.69 Å². The van der Waals surface area contributed by atoms with Crippen LogP contribution in [0.25, 0.3) is 0 Å². The van der Waals surface area contributed by atoms with Gasteiger partial charge in [0.1, 0.15) is 0 Å². The van der Waals surface area contributed by atoms with Gasteiger partial charge in [0.25, 0.3) is 5.91 Å². The summed E-state index contributed by atoms with van der Waals surface area (Å²) in [6, 6.07) is 5.54. The molecule has 1 amide bonds. The lowest BCUT2D eigenvalue weighted by atomic mass is 10.0. The van der Waals surface area contributed by atoms with Crippen LogP contribution >= 0.6 is 15.9 Å². The van der Waals surface area contributed by atoms with Crippen molar-refractivity contribution in [1.82, 2.24) is 0 Å². The molecule has 0 aromatic heterocycles. The SMILES string of the molecule is Cc1cc(NC(=O)COC(=O)CCC2CCCC2)ccc1Br. The number of aryl methyl sites for hydroxylation is 1. The van der Waals surface area contributed by atoms with E-state index in [1.165, 1.54) is 25.7 Å². The molecule has 22 heavy (non-hydrogen) atoms. The molecule has 2 rings (SSSR count). The minimum atomic E-state index is -0.309. The Morgan fingerprint density at radius 1 is 1.32 bits per heavy atom. The minimum absolute atomic E-state index is 0.224. The average Bonchev–Trinajstić information content (AvgIpc) is 3.00. The van der Waals surface area contributed by atoms with Crippen molar-refractivity contribution in [3.8, 4) is 0 Å². The van der Waals surface area contributed by atoms with E-state index in [0.29, 0.717) is 18.0 Å². The number of anilines is 1. The standard InChI is InChI=1S/C17H22BrNO3/c1-12-10-14(7-8-15(12)18)19-16(20)11-22-17(21)9-6-13-4-2-3-5-13/h7-8,10,13H,2-6,9,11H2,1H3,(H,19,20). The highest BCUT2D eigenvalue weighted by Gasteiger charge is 2.17. The van der Waals surface area contributed by atoms with Gasteiger partial charge in [-0.1, -0.05) is 41.6 Å². The second-order valence-electron chi connectivity index (χ2n) is 5.86. The summed E-state index contributed by atoms with van der Waals surface area (Å²) < 4.78 is 6.02. The van der Waals surface area contributed by atoms with Gasteiger partial charge in [0.05, 0.1) is 0 Å². The first kappa shape index (κ1) is 17.0. The molecule has 0 unspecified atom stereocenters. The van der Waals surface area contributed by atoms with Crippen molar-refractivity contribution in [2.45, 2.75) is 45.4 Å². The zero-order valence-electron chi connectivity index (χ0n) is 12.9. The predicted octanol–water partition coefficient (Wildman–Crippen LogP) is 4.21. The largest absolute Gasteiger partial charge is 0.456 e. The molecule has 1 N–H and O–H groups in total. The second-order valence-corrected chi connectivity index (χ2v) is 6.72. The van der Waals surface area contributed by atoms with Crippen molar-refractivity contribution >= 4 is 33.5 Å².